The third-order valence-corrected chi connectivity index (χ3v) is 5.55. The number of likely N-dealkylation sites (N-methyl/N-ethyl adjacent to an activating group) is 1. The highest BCUT2D eigenvalue weighted by atomic mass is 35.5. The number of halogens is 1. The van der Waals surface area contributed by atoms with Crippen LogP contribution in [0.5, 0.6) is 0 Å². The number of urea groups is 1. The number of benzene rings is 2. The van der Waals surface area contributed by atoms with Crippen LogP contribution in [0.4, 0.5) is 10.5 Å². The normalized spacial score (nSPS) is 19.2. The van der Waals surface area contributed by atoms with Crippen LogP contribution in [0, 0.1) is 0 Å². The largest absolute Gasteiger partial charge is 0.368 e. The van der Waals surface area contributed by atoms with Crippen molar-refractivity contribution < 1.29 is 9.59 Å². The van der Waals surface area contributed by atoms with Crippen LogP contribution < -0.4 is 10.2 Å². The van der Waals surface area contributed by atoms with E-state index in [9.17, 15) is 9.59 Å². The molecule has 0 bridgehead atoms. The number of nitrogens with zero attached hydrogens (tertiary/aromatic N) is 3. The number of amides is 3. The van der Waals surface area contributed by atoms with Gasteiger partial charge in [0.25, 0.3) is 5.91 Å². The zero-order valence-corrected chi connectivity index (χ0v) is 17.0. The van der Waals surface area contributed by atoms with Crippen molar-refractivity contribution in [3.8, 4) is 0 Å². The molecule has 0 spiro atoms. The molecule has 0 unspecified atom stereocenters. The van der Waals surface area contributed by atoms with Crippen LogP contribution in [0.25, 0.3) is 6.08 Å². The van der Waals surface area contributed by atoms with Gasteiger partial charge in [0.05, 0.1) is 6.54 Å². The van der Waals surface area contributed by atoms with Crippen LogP contribution in [0.2, 0.25) is 5.02 Å². The number of anilines is 1. The smallest absolute Gasteiger partial charge is 0.329 e. The lowest BCUT2D eigenvalue weighted by atomic mass is 10.1. The molecule has 6 nitrogen and oxygen atoms in total. The summed E-state index contributed by atoms with van der Waals surface area (Å²) in [6.45, 7) is 4.06. The number of imide groups is 1. The molecule has 1 N–H and O–H groups in total. The van der Waals surface area contributed by atoms with E-state index in [0.717, 1.165) is 43.0 Å². The van der Waals surface area contributed by atoms with Crippen LogP contribution in [-0.4, -0.2) is 55.0 Å². The highest BCUT2D eigenvalue weighted by Crippen LogP contribution is 2.25. The fourth-order valence-corrected chi connectivity index (χ4v) is 3.71. The van der Waals surface area contributed by atoms with Crippen molar-refractivity contribution in [3.63, 3.8) is 0 Å². The summed E-state index contributed by atoms with van der Waals surface area (Å²) >= 11 is 5.91. The molecule has 150 valence electrons. The molecule has 0 aromatic heterocycles. The van der Waals surface area contributed by atoms with Gasteiger partial charge in [-0.2, -0.15) is 0 Å². The van der Waals surface area contributed by atoms with Crippen molar-refractivity contribution in [2.45, 2.75) is 6.54 Å². The van der Waals surface area contributed by atoms with Gasteiger partial charge in [-0.3, -0.25) is 9.69 Å². The van der Waals surface area contributed by atoms with Gasteiger partial charge in [-0.05, 0) is 36.9 Å². The molecule has 2 fully saturated rings. The summed E-state index contributed by atoms with van der Waals surface area (Å²) < 4.78 is 0. The molecule has 2 saturated heterocycles. The standard InChI is InChI=1S/C22H23ClN4O2/c1-25-10-12-26(13-11-25)20-5-3-2-4-17(20)14-19-21(28)27(22(29)24-19)15-16-6-8-18(23)9-7-16/h2-9,14H,10-13,15H2,1H3,(H,24,29)/b19-14+. The van der Waals surface area contributed by atoms with Gasteiger partial charge in [-0.15, -0.1) is 0 Å². The number of para-hydroxylation sites is 1. The first-order valence-corrected chi connectivity index (χ1v) is 10.0. The average molecular weight is 411 g/mol. The summed E-state index contributed by atoms with van der Waals surface area (Å²) in [4.78, 5) is 31.1. The van der Waals surface area contributed by atoms with E-state index in [1.54, 1.807) is 18.2 Å². The molecule has 0 atom stereocenters. The van der Waals surface area contributed by atoms with E-state index in [1.165, 1.54) is 4.90 Å². The van der Waals surface area contributed by atoms with E-state index >= 15 is 0 Å². The van der Waals surface area contributed by atoms with E-state index in [0.29, 0.717) is 10.7 Å². The Hall–Kier alpha value is -2.83. The maximum atomic E-state index is 12.9. The molecule has 0 aliphatic carbocycles. The Morgan fingerprint density at radius 1 is 1.00 bits per heavy atom. The van der Waals surface area contributed by atoms with E-state index < -0.39 is 6.03 Å². The predicted octanol–water partition coefficient (Wildman–Crippen LogP) is 3.18. The zero-order chi connectivity index (χ0) is 20.4. The topological polar surface area (TPSA) is 55.9 Å². The van der Waals surface area contributed by atoms with Crippen LogP contribution in [0.15, 0.2) is 54.2 Å². The third-order valence-electron chi connectivity index (χ3n) is 5.30. The minimum atomic E-state index is -0.409. The van der Waals surface area contributed by atoms with Gasteiger partial charge >= 0.3 is 6.03 Å². The van der Waals surface area contributed by atoms with Gasteiger partial charge in [0, 0.05) is 42.5 Å². The molecule has 2 aromatic carbocycles. The Kier molecular flexibility index (Phi) is 5.56. The maximum absolute atomic E-state index is 12.9. The monoisotopic (exact) mass is 410 g/mol. The second-order valence-corrected chi connectivity index (χ2v) is 7.79. The number of hydrogen-bond acceptors (Lipinski definition) is 4. The number of hydrogen-bond donors (Lipinski definition) is 1. The number of carbonyl (C=O) groups excluding carboxylic acids is 2. The molecule has 2 aromatic rings. The van der Waals surface area contributed by atoms with E-state index in [4.69, 9.17) is 11.6 Å². The zero-order valence-electron chi connectivity index (χ0n) is 16.3. The van der Waals surface area contributed by atoms with Crippen LogP contribution in [-0.2, 0) is 11.3 Å². The van der Waals surface area contributed by atoms with E-state index in [2.05, 4.69) is 28.2 Å². The predicted molar refractivity (Wildman–Crippen MR) is 115 cm³/mol. The van der Waals surface area contributed by atoms with Gasteiger partial charge < -0.3 is 15.1 Å². The van der Waals surface area contributed by atoms with Gasteiger partial charge in [0.2, 0.25) is 0 Å². The van der Waals surface area contributed by atoms with Crippen molar-refractivity contribution in [1.82, 2.24) is 15.1 Å². The third kappa shape index (κ3) is 4.28. The van der Waals surface area contributed by atoms with Gasteiger partial charge in [-0.25, -0.2) is 4.79 Å². The first kappa shape index (κ1) is 19.5. The number of carbonyl (C=O) groups is 2. The molecule has 4 rings (SSSR count). The first-order valence-electron chi connectivity index (χ1n) is 9.63. The lowest BCUT2D eigenvalue weighted by Crippen LogP contribution is -2.44. The van der Waals surface area contributed by atoms with Crippen molar-refractivity contribution in [2.24, 2.45) is 0 Å². The quantitative estimate of drug-likeness (QED) is 0.621. The second-order valence-electron chi connectivity index (χ2n) is 7.36. The summed E-state index contributed by atoms with van der Waals surface area (Å²) in [5, 5.41) is 3.33. The number of rotatable bonds is 4. The molecule has 3 amide bonds. The number of nitrogens with one attached hydrogen (secondary N) is 1. The maximum Gasteiger partial charge on any atom is 0.329 e. The van der Waals surface area contributed by atoms with Crippen LogP contribution in [0.3, 0.4) is 0 Å². The van der Waals surface area contributed by atoms with Crippen molar-refractivity contribution in [3.05, 3.63) is 70.4 Å². The fourth-order valence-electron chi connectivity index (χ4n) is 3.59. The fraction of sp³-hybridized carbons (Fsp3) is 0.273. The summed E-state index contributed by atoms with van der Waals surface area (Å²) in [5.41, 5.74) is 3.14. The van der Waals surface area contributed by atoms with Gasteiger partial charge in [0.15, 0.2) is 0 Å². The molecule has 7 heteroatoms. The Labute approximate surface area is 175 Å². The molecule has 2 aliphatic heterocycles. The SMILES string of the molecule is CN1CCN(c2ccccc2/C=C2/NC(=O)N(Cc3ccc(Cl)cc3)C2=O)CC1. The lowest BCUT2D eigenvalue weighted by molar-refractivity contribution is -0.123. The highest BCUT2D eigenvalue weighted by Gasteiger charge is 2.33. The van der Waals surface area contributed by atoms with Crippen LogP contribution >= 0.6 is 11.6 Å². The van der Waals surface area contributed by atoms with E-state index in [-0.39, 0.29) is 12.5 Å². The minimum Gasteiger partial charge on any atom is -0.368 e. The average Bonchev–Trinajstić information content (AvgIpc) is 2.98. The highest BCUT2D eigenvalue weighted by molar-refractivity contribution is 6.30. The van der Waals surface area contributed by atoms with Gasteiger partial charge in [0.1, 0.15) is 5.70 Å². The number of piperazine rings is 1. The van der Waals surface area contributed by atoms with Crippen molar-refractivity contribution >= 4 is 35.3 Å². The van der Waals surface area contributed by atoms with Crippen molar-refractivity contribution in [1.29, 1.82) is 0 Å². The van der Waals surface area contributed by atoms with Gasteiger partial charge in [-0.1, -0.05) is 41.9 Å². The molecule has 2 heterocycles. The molecular formula is C22H23ClN4O2. The minimum absolute atomic E-state index is 0.208. The lowest BCUT2D eigenvalue weighted by Gasteiger charge is -2.34. The van der Waals surface area contributed by atoms with Crippen molar-refractivity contribution in [2.75, 3.05) is 38.1 Å². The second kappa shape index (κ2) is 8.27. The summed E-state index contributed by atoms with van der Waals surface area (Å²) in [7, 11) is 2.12. The molecule has 2 aliphatic rings. The summed E-state index contributed by atoms with van der Waals surface area (Å²) in [6.07, 6.45) is 1.77. The molecule has 0 radical (unpaired) electrons. The molecule has 29 heavy (non-hydrogen) atoms. The molecule has 0 saturated carbocycles. The summed E-state index contributed by atoms with van der Waals surface area (Å²) in [6, 6.07) is 14.7. The van der Waals surface area contributed by atoms with Crippen LogP contribution in [0.1, 0.15) is 11.1 Å². The van der Waals surface area contributed by atoms with E-state index in [1.807, 2.05) is 30.3 Å². The molecular weight excluding hydrogens is 388 g/mol. The Bertz CT molecular complexity index is 950. The Morgan fingerprint density at radius 2 is 1.69 bits per heavy atom. The Balaban J connectivity index is 1.55. The first-order chi connectivity index (χ1) is 14.0. The summed E-state index contributed by atoms with van der Waals surface area (Å²) in [5.74, 6) is -0.321. The Morgan fingerprint density at radius 3 is 2.41 bits per heavy atom.